The van der Waals surface area contributed by atoms with Crippen molar-refractivity contribution in [3.8, 4) is 0 Å². The van der Waals surface area contributed by atoms with E-state index < -0.39 is 0 Å². The summed E-state index contributed by atoms with van der Waals surface area (Å²) in [4.78, 5) is 2.59. The van der Waals surface area contributed by atoms with Crippen LogP contribution in [0.5, 0.6) is 0 Å². The van der Waals surface area contributed by atoms with Crippen LogP contribution < -0.4 is 5.73 Å². The normalized spacial score (nSPS) is 35.8. The highest BCUT2D eigenvalue weighted by Gasteiger charge is 2.36. The van der Waals surface area contributed by atoms with E-state index in [2.05, 4.69) is 4.90 Å². The molecule has 2 atom stereocenters. The summed E-state index contributed by atoms with van der Waals surface area (Å²) in [6.45, 7) is 3.88. The first kappa shape index (κ1) is 8.48. The van der Waals surface area contributed by atoms with E-state index in [4.69, 9.17) is 10.5 Å². The average Bonchev–Trinajstić information content (AvgIpc) is 2.36. The van der Waals surface area contributed by atoms with Crippen LogP contribution in [0, 0.1) is 0 Å². The molecule has 2 rings (SSSR count). The standard InChI is InChI=1S/C9H18N2O/c10-4-1-5-11-8-2-3-9(11)7-12-6-8/h8-9H,1-7,10H2. The van der Waals surface area contributed by atoms with E-state index in [1.165, 1.54) is 19.4 Å². The molecular weight excluding hydrogens is 152 g/mol. The molecule has 0 amide bonds. The van der Waals surface area contributed by atoms with E-state index in [0.717, 1.165) is 26.2 Å². The molecule has 0 aromatic rings. The minimum atomic E-state index is 0.704. The molecule has 12 heavy (non-hydrogen) atoms. The second kappa shape index (κ2) is 3.73. The van der Waals surface area contributed by atoms with Gasteiger partial charge in [0.15, 0.2) is 0 Å². The average molecular weight is 170 g/mol. The molecule has 2 heterocycles. The smallest absolute Gasteiger partial charge is 0.0622 e. The maximum Gasteiger partial charge on any atom is 0.0622 e. The number of fused-ring (bicyclic) bond motifs is 2. The van der Waals surface area contributed by atoms with Crippen molar-refractivity contribution in [1.82, 2.24) is 4.90 Å². The van der Waals surface area contributed by atoms with Crippen LogP contribution in [0.1, 0.15) is 19.3 Å². The molecule has 0 spiro atoms. The van der Waals surface area contributed by atoms with Gasteiger partial charge >= 0.3 is 0 Å². The lowest BCUT2D eigenvalue weighted by atomic mass is 10.2. The summed E-state index contributed by atoms with van der Waals surface area (Å²) < 4.78 is 5.49. The molecule has 0 saturated carbocycles. The SMILES string of the molecule is NCCCN1C2CCC1COC2. The molecule has 3 heteroatoms. The van der Waals surface area contributed by atoms with Gasteiger partial charge in [-0.1, -0.05) is 0 Å². The number of ether oxygens (including phenoxy) is 1. The van der Waals surface area contributed by atoms with Crippen molar-refractivity contribution in [3.63, 3.8) is 0 Å². The summed E-state index contributed by atoms with van der Waals surface area (Å²) >= 11 is 0. The lowest BCUT2D eigenvalue weighted by molar-refractivity contribution is -0.0144. The van der Waals surface area contributed by atoms with E-state index in [1.54, 1.807) is 0 Å². The Hall–Kier alpha value is -0.120. The Morgan fingerprint density at radius 1 is 1.25 bits per heavy atom. The number of nitrogens with zero attached hydrogens (tertiary/aromatic N) is 1. The molecule has 2 aliphatic rings. The van der Waals surface area contributed by atoms with Crippen molar-refractivity contribution in [2.75, 3.05) is 26.3 Å². The first-order valence-corrected chi connectivity index (χ1v) is 4.95. The topological polar surface area (TPSA) is 38.5 Å². The van der Waals surface area contributed by atoms with E-state index in [1.807, 2.05) is 0 Å². The number of nitrogens with two attached hydrogens (primary N) is 1. The fourth-order valence-electron chi connectivity index (χ4n) is 2.35. The molecule has 0 aliphatic carbocycles. The van der Waals surface area contributed by atoms with Crippen LogP contribution in [-0.4, -0.2) is 43.3 Å². The highest BCUT2D eigenvalue weighted by atomic mass is 16.5. The van der Waals surface area contributed by atoms with Crippen LogP contribution in [0.4, 0.5) is 0 Å². The monoisotopic (exact) mass is 170 g/mol. The van der Waals surface area contributed by atoms with Gasteiger partial charge in [0.25, 0.3) is 0 Å². The number of hydrogen-bond donors (Lipinski definition) is 1. The van der Waals surface area contributed by atoms with E-state index in [9.17, 15) is 0 Å². The van der Waals surface area contributed by atoms with Gasteiger partial charge in [0.05, 0.1) is 13.2 Å². The van der Waals surface area contributed by atoms with Crippen LogP contribution in [0.15, 0.2) is 0 Å². The summed E-state index contributed by atoms with van der Waals surface area (Å²) in [6.07, 6.45) is 3.79. The largest absolute Gasteiger partial charge is 0.378 e. The summed E-state index contributed by atoms with van der Waals surface area (Å²) in [6, 6.07) is 1.41. The van der Waals surface area contributed by atoms with Gasteiger partial charge < -0.3 is 10.5 Å². The Morgan fingerprint density at radius 3 is 2.50 bits per heavy atom. The Balaban J connectivity index is 1.87. The molecule has 0 aromatic heterocycles. The zero-order valence-corrected chi connectivity index (χ0v) is 7.54. The van der Waals surface area contributed by atoms with Crippen molar-refractivity contribution < 1.29 is 4.74 Å². The lowest BCUT2D eigenvalue weighted by Crippen LogP contribution is -2.46. The summed E-state index contributed by atoms with van der Waals surface area (Å²) in [5.41, 5.74) is 5.50. The number of rotatable bonds is 3. The van der Waals surface area contributed by atoms with Gasteiger partial charge in [-0.2, -0.15) is 0 Å². The third-order valence-electron chi connectivity index (χ3n) is 3.01. The Bertz CT molecular complexity index is 135. The van der Waals surface area contributed by atoms with Gasteiger partial charge in [-0.3, -0.25) is 4.90 Å². The molecular formula is C9H18N2O. The summed E-state index contributed by atoms with van der Waals surface area (Å²) in [5, 5.41) is 0. The minimum absolute atomic E-state index is 0.704. The Labute approximate surface area is 73.9 Å². The second-order valence-corrected chi connectivity index (χ2v) is 3.80. The highest BCUT2D eigenvalue weighted by molar-refractivity contribution is 4.90. The van der Waals surface area contributed by atoms with E-state index in [0.29, 0.717) is 12.1 Å². The molecule has 2 unspecified atom stereocenters. The predicted octanol–water partition coefficient (Wildman–Crippen LogP) is 0.198. The molecule has 2 aliphatic heterocycles. The van der Waals surface area contributed by atoms with Gasteiger partial charge in [-0.15, -0.1) is 0 Å². The molecule has 2 bridgehead atoms. The maximum absolute atomic E-state index is 5.50. The third kappa shape index (κ3) is 1.49. The second-order valence-electron chi connectivity index (χ2n) is 3.80. The molecule has 0 aromatic carbocycles. The van der Waals surface area contributed by atoms with Crippen molar-refractivity contribution in [3.05, 3.63) is 0 Å². The van der Waals surface area contributed by atoms with Crippen LogP contribution in [0.3, 0.4) is 0 Å². The van der Waals surface area contributed by atoms with Crippen LogP contribution in [0.25, 0.3) is 0 Å². The van der Waals surface area contributed by atoms with Gasteiger partial charge in [-0.05, 0) is 25.8 Å². The fraction of sp³-hybridized carbons (Fsp3) is 1.00. The van der Waals surface area contributed by atoms with Gasteiger partial charge in [0.2, 0.25) is 0 Å². The van der Waals surface area contributed by atoms with E-state index >= 15 is 0 Å². The van der Waals surface area contributed by atoms with Crippen molar-refractivity contribution in [2.45, 2.75) is 31.3 Å². The Morgan fingerprint density at radius 2 is 1.92 bits per heavy atom. The summed E-state index contributed by atoms with van der Waals surface area (Å²) in [7, 11) is 0. The molecule has 2 N–H and O–H groups in total. The van der Waals surface area contributed by atoms with Gasteiger partial charge in [0.1, 0.15) is 0 Å². The quantitative estimate of drug-likeness (QED) is 0.657. The zero-order valence-electron chi connectivity index (χ0n) is 7.54. The van der Waals surface area contributed by atoms with Gasteiger partial charge in [-0.25, -0.2) is 0 Å². The predicted molar refractivity (Wildman–Crippen MR) is 48.0 cm³/mol. The third-order valence-corrected chi connectivity index (χ3v) is 3.01. The van der Waals surface area contributed by atoms with Crippen molar-refractivity contribution >= 4 is 0 Å². The van der Waals surface area contributed by atoms with Crippen LogP contribution in [-0.2, 0) is 4.74 Å². The number of hydrogen-bond acceptors (Lipinski definition) is 3. The van der Waals surface area contributed by atoms with Gasteiger partial charge in [0, 0.05) is 18.6 Å². The fourth-order valence-corrected chi connectivity index (χ4v) is 2.35. The molecule has 3 nitrogen and oxygen atoms in total. The van der Waals surface area contributed by atoms with Crippen molar-refractivity contribution in [1.29, 1.82) is 0 Å². The highest BCUT2D eigenvalue weighted by Crippen LogP contribution is 2.28. The Kier molecular flexibility index (Phi) is 2.63. The van der Waals surface area contributed by atoms with E-state index in [-0.39, 0.29) is 0 Å². The molecule has 0 radical (unpaired) electrons. The molecule has 70 valence electrons. The van der Waals surface area contributed by atoms with Crippen molar-refractivity contribution in [2.24, 2.45) is 5.73 Å². The summed E-state index contributed by atoms with van der Waals surface area (Å²) in [5.74, 6) is 0. The zero-order chi connectivity index (χ0) is 8.39. The first-order valence-electron chi connectivity index (χ1n) is 4.95. The molecule has 2 fully saturated rings. The minimum Gasteiger partial charge on any atom is -0.378 e. The maximum atomic E-state index is 5.50. The van der Waals surface area contributed by atoms with Crippen LogP contribution in [0.2, 0.25) is 0 Å². The van der Waals surface area contributed by atoms with Crippen LogP contribution >= 0.6 is 0 Å². The lowest BCUT2D eigenvalue weighted by Gasteiger charge is -2.34. The molecule has 2 saturated heterocycles. The number of morpholine rings is 1. The first-order chi connectivity index (χ1) is 5.92.